The molecule has 1 aromatic heterocycles. The molecule has 3 fully saturated rings. The summed E-state index contributed by atoms with van der Waals surface area (Å²) in [6.45, 7) is 6.39. The molecular weight excluding hydrogens is 432 g/mol. The Morgan fingerprint density at radius 2 is 2.00 bits per heavy atom. The van der Waals surface area contributed by atoms with Crippen LogP contribution in [0.25, 0.3) is 11.3 Å². The number of aliphatic carboxylic acids is 1. The van der Waals surface area contributed by atoms with Crippen molar-refractivity contribution in [3.8, 4) is 17.0 Å². The molecule has 1 aromatic carbocycles. The van der Waals surface area contributed by atoms with Crippen LogP contribution in [0, 0.1) is 11.3 Å². The first-order chi connectivity index (χ1) is 16.1. The van der Waals surface area contributed by atoms with Gasteiger partial charge in [-0.1, -0.05) is 13.8 Å². The maximum atomic E-state index is 12.4. The van der Waals surface area contributed by atoms with E-state index in [1.165, 1.54) is 17.0 Å². The average molecular weight is 469 g/mol. The van der Waals surface area contributed by atoms with Crippen molar-refractivity contribution in [1.29, 1.82) is 0 Å². The maximum absolute atomic E-state index is 12.4. The third kappa shape index (κ3) is 5.43. The van der Waals surface area contributed by atoms with Gasteiger partial charge in [0.25, 0.3) is 0 Å². The second-order valence-electron chi connectivity index (χ2n) is 10.7. The fourth-order valence-electron chi connectivity index (χ4n) is 5.80. The minimum absolute atomic E-state index is 0.0828. The van der Waals surface area contributed by atoms with Crippen molar-refractivity contribution in [3.63, 3.8) is 0 Å². The number of aryl methyl sites for hydroxylation is 1. The highest BCUT2D eigenvalue weighted by atomic mass is 16.5. The number of carboxylic acid groups (broad SMARTS) is 1. The summed E-state index contributed by atoms with van der Waals surface area (Å²) in [7, 11) is 3.70. The second kappa shape index (κ2) is 9.78. The van der Waals surface area contributed by atoms with Crippen LogP contribution < -0.4 is 20.1 Å². The number of hydrogen-bond donors (Lipinski definition) is 2. The number of piperidine rings is 3. The molecule has 1 amide bonds. The zero-order valence-electron chi connectivity index (χ0n) is 20.6. The SMILES string of the molecule is COc1ccc(-c2cc([C@H]3C[NH+]4CC[C@H]3C[C@@H]4CNC(=O)CC(C)(C)CC(=O)[O-])n(C)n2)cc1. The van der Waals surface area contributed by atoms with E-state index in [2.05, 4.69) is 11.4 Å². The van der Waals surface area contributed by atoms with E-state index in [0.29, 0.717) is 24.4 Å². The number of fused-ring (bicyclic) bond motifs is 3. The topological polar surface area (TPSA) is 101 Å². The number of nitrogens with zero attached hydrogens (tertiary/aromatic N) is 2. The number of quaternary nitrogens is 1. The lowest BCUT2D eigenvalue weighted by molar-refractivity contribution is -0.942. The van der Waals surface area contributed by atoms with Crippen LogP contribution in [0.15, 0.2) is 30.3 Å². The van der Waals surface area contributed by atoms with Crippen molar-refractivity contribution in [2.45, 2.75) is 51.5 Å². The zero-order valence-corrected chi connectivity index (χ0v) is 20.6. The van der Waals surface area contributed by atoms with Gasteiger partial charge in [0.1, 0.15) is 11.8 Å². The van der Waals surface area contributed by atoms with E-state index >= 15 is 0 Å². The number of ether oxygens (including phenoxy) is 1. The van der Waals surface area contributed by atoms with E-state index < -0.39 is 11.4 Å². The molecule has 3 aliphatic heterocycles. The molecule has 8 nitrogen and oxygen atoms in total. The van der Waals surface area contributed by atoms with Gasteiger partial charge in [-0.2, -0.15) is 5.10 Å². The van der Waals surface area contributed by atoms with Crippen molar-refractivity contribution in [2.75, 3.05) is 26.7 Å². The van der Waals surface area contributed by atoms with Gasteiger partial charge in [0, 0.05) is 43.5 Å². The number of carboxylic acids is 1. The predicted octanol–water partition coefficient (Wildman–Crippen LogP) is 0.529. The normalized spacial score (nSPS) is 24.1. The fourth-order valence-corrected chi connectivity index (χ4v) is 5.80. The number of nitrogens with one attached hydrogen (secondary N) is 2. The van der Waals surface area contributed by atoms with E-state index in [1.807, 2.05) is 36.0 Å². The molecule has 0 radical (unpaired) electrons. The van der Waals surface area contributed by atoms with Crippen molar-refractivity contribution in [3.05, 3.63) is 36.0 Å². The Morgan fingerprint density at radius 1 is 1.26 bits per heavy atom. The molecule has 4 heterocycles. The first-order valence-electron chi connectivity index (χ1n) is 12.1. The molecule has 2 bridgehead atoms. The molecule has 0 aliphatic carbocycles. The molecule has 5 rings (SSSR count). The Kier molecular flexibility index (Phi) is 6.98. The summed E-state index contributed by atoms with van der Waals surface area (Å²) < 4.78 is 7.29. The van der Waals surface area contributed by atoms with Gasteiger partial charge in [0.05, 0.1) is 38.4 Å². The van der Waals surface area contributed by atoms with Crippen LogP contribution in [0.2, 0.25) is 0 Å². The molecule has 3 aliphatic rings. The van der Waals surface area contributed by atoms with Gasteiger partial charge < -0.3 is 24.9 Å². The molecule has 0 saturated carbocycles. The lowest BCUT2D eigenvalue weighted by Gasteiger charge is -2.47. The highest BCUT2D eigenvalue weighted by Crippen LogP contribution is 2.36. The first-order valence-corrected chi connectivity index (χ1v) is 12.1. The van der Waals surface area contributed by atoms with E-state index in [9.17, 15) is 14.7 Å². The zero-order chi connectivity index (χ0) is 24.5. The van der Waals surface area contributed by atoms with Gasteiger partial charge in [-0.25, -0.2) is 0 Å². The summed E-state index contributed by atoms with van der Waals surface area (Å²) in [5.41, 5.74) is 2.74. The van der Waals surface area contributed by atoms with Crippen molar-refractivity contribution in [1.82, 2.24) is 15.1 Å². The summed E-state index contributed by atoms with van der Waals surface area (Å²) in [6, 6.07) is 10.6. The van der Waals surface area contributed by atoms with Gasteiger partial charge in [-0.15, -0.1) is 0 Å². The molecule has 3 saturated heterocycles. The van der Waals surface area contributed by atoms with E-state index in [0.717, 1.165) is 36.5 Å². The summed E-state index contributed by atoms with van der Waals surface area (Å²) >= 11 is 0. The predicted molar refractivity (Wildman–Crippen MR) is 126 cm³/mol. The molecule has 34 heavy (non-hydrogen) atoms. The largest absolute Gasteiger partial charge is 0.550 e. The molecule has 0 spiro atoms. The molecule has 2 aromatic rings. The van der Waals surface area contributed by atoms with Crippen molar-refractivity contribution < 1.29 is 24.3 Å². The minimum atomic E-state index is -1.12. The number of rotatable bonds is 9. The Balaban J connectivity index is 1.36. The summed E-state index contributed by atoms with van der Waals surface area (Å²) in [6.07, 6.45) is 2.34. The molecular formula is C26H36N4O4. The van der Waals surface area contributed by atoms with Gasteiger partial charge in [0.2, 0.25) is 5.91 Å². The number of methoxy groups -OCH3 is 1. The smallest absolute Gasteiger partial charge is 0.220 e. The maximum Gasteiger partial charge on any atom is 0.220 e. The van der Waals surface area contributed by atoms with Gasteiger partial charge >= 0.3 is 0 Å². The summed E-state index contributed by atoms with van der Waals surface area (Å²) in [4.78, 5) is 24.9. The summed E-state index contributed by atoms with van der Waals surface area (Å²) in [5.74, 6) is 0.673. The molecule has 1 unspecified atom stereocenters. The van der Waals surface area contributed by atoms with E-state index in [4.69, 9.17) is 9.84 Å². The Bertz CT molecular complexity index is 1030. The molecule has 4 atom stereocenters. The Hall–Kier alpha value is -2.87. The lowest BCUT2D eigenvalue weighted by Crippen LogP contribution is -3.20. The minimum Gasteiger partial charge on any atom is -0.550 e. The Morgan fingerprint density at radius 3 is 2.62 bits per heavy atom. The van der Waals surface area contributed by atoms with Crippen LogP contribution in [-0.4, -0.2) is 54.4 Å². The number of hydrogen-bond acceptors (Lipinski definition) is 5. The average Bonchev–Trinajstić information content (AvgIpc) is 3.18. The van der Waals surface area contributed by atoms with Crippen LogP contribution in [0.3, 0.4) is 0 Å². The van der Waals surface area contributed by atoms with Crippen LogP contribution in [-0.2, 0) is 16.6 Å². The van der Waals surface area contributed by atoms with E-state index in [-0.39, 0.29) is 18.7 Å². The Labute approximate surface area is 201 Å². The van der Waals surface area contributed by atoms with Gasteiger partial charge in [0.15, 0.2) is 0 Å². The van der Waals surface area contributed by atoms with Crippen LogP contribution in [0.4, 0.5) is 0 Å². The highest BCUT2D eigenvalue weighted by molar-refractivity contribution is 5.77. The quantitative estimate of drug-likeness (QED) is 0.559. The number of carbonyl (C=O) groups is 2. The second-order valence-corrected chi connectivity index (χ2v) is 10.7. The molecule has 2 N–H and O–H groups in total. The standard InChI is InChI=1S/C26H36N4O4/c1-26(2,14-25(32)33)13-24(31)27-15-19-11-18-9-10-30(19)16-21(18)23-12-22(28-29(23)3)17-5-7-20(34-4)8-6-17/h5-8,12,18-19,21H,9-11,13-16H2,1-4H3,(H,27,31)(H,32,33)/t18-,19+,21-/m0/s1. The van der Waals surface area contributed by atoms with Crippen molar-refractivity contribution >= 4 is 11.9 Å². The van der Waals surface area contributed by atoms with Crippen LogP contribution >= 0.6 is 0 Å². The lowest BCUT2D eigenvalue weighted by atomic mass is 9.74. The third-order valence-electron chi connectivity index (χ3n) is 7.54. The molecule has 8 heteroatoms. The monoisotopic (exact) mass is 468 g/mol. The number of amides is 1. The van der Waals surface area contributed by atoms with Crippen molar-refractivity contribution in [2.24, 2.45) is 18.4 Å². The third-order valence-corrected chi connectivity index (χ3v) is 7.54. The summed E-state index contributed by atoms with van der Waals surface area (Å²) in [5, 5.41) is 18.8. The van der Waals surface area contributed by atoms with Gasteiger partial charge in [-0.3, -0.25) is 9.48 Å². The van der Waals surface area contributed by atoms with Crippen LogP contribution in [0.1, 0.15) is 51.1 Å². The van der Waals surface area contributed by atoms with Crippen LogP contribution in [0.5, 0.6) is 5.75 Å². The van der Waals surface area contributed by atoms with Gasteiger partial charge in [-0.05, 0) is 48.1 Å². The first kappa shape index (κ1) is 24.3. The number of aromatic nitrogens is 2. The number of carbonyl (C=O) groups excluding carboxylic acids is 2. The fraction of sp³-hybridized carbons (Fsp3) is 0.577. The molecule has 184 valence electrons. The number of benzene rings is 1. The highest BCUT2D eigenvalue weighted by Gasteiger charge is 2.45. The van der Waals surface area contributed by atoms with E-state index in [1.54, 1.807) is 21.0 Å².